The monoisotopic (exact) mass is 254 g/mol. The minimum atomic E-state index is 0.266. The van der Waals surface area contributed by atoms with E-state index in [1.165, 1.54) is 0 Å². The number of para-hydroxylation sites is 2. The summed E-state index contributed by atoms with van der Waals surface area (Å²) in [6, 6.07) is 13.3. The summed E-state index contributed by atoms with van der Waals surface area (Å²) in [7, 11) is 0. The Kier molecular flexibility index (Phi) is 2.83. The van der Waals surface area contributed by atoms with Gasteiger partial charge >= 0.3 is 0 Å². The maximum absolute atomic E-state index is 5.80. The number of oxazole rings is 1. The molecule has 4 heteroatoms. The average Bonchev–Trinajstić information content (AvgIpc) is 2.79. The van der Waals surface area contributed by atoms with Crippen LogP contribution in [0.2, 0.25) is 0 Å². The number of hydrogen-bond donors (Lipinski definition) is 1. The molecule has 0 bridgehead atoms. The third-order valence-corrected chi connectivity index (χ3v) is 2.86. The van der Waals surface area contributed by atoms with Crippen molar-refractivity contribution in [2.45, 2.75) is 13.5 Å². The molecule has 2 aromatic carbocycles. The Morgan fingerprint density at radius 3 is 2.89 bits per heavy atom. The molecule has 3 aromatic rings. The van der Waals surface area contributed by atoms with Gasteiger partial charge in [-0.3, -0.25) is 0 Å². The lowest BCUT2D eigenvalue weighted by Crippen LogP contribution is -1.98. The lowest BCUT2D eigenvalue weighted by atomic mass is 10.2. The van der Waals surface area contributed by atoms with Gasteiger partial charge in [-0.15, -0.1) is 0 Å². The Balaban J connectivity index is 1.80. The van der Waals surface area contributed by atoms with Gasteiger partial charge in [-0.05, 0) is 36.8 Å². The second-order valence-corrected chi connectivity index (χ2v) is 4.41. The van der Waals surface area contributed by atoms with E-state index in [9.17, 15) is 0 Å². The van der Waals surface area contributed by atoms with Crippen LogP contribution < -0.4 is 10.5 Å². The van der Waals surface area contributed by atoms with Gasteiger partial charge in [0.1, 0.15) is 11.3 Å². The van der Waals surface area contributed by atoms with Crippen LogP contribution in [0.4, 0.5) is 5.69 Å². The molecule has 2 N–H and O–H groups in total. The quantitative estimate of drug-likeness (QED) is 0.728. The normalized spacial score (nSPS) is 10.8. The summed E-state index contributed by atoms with van der Waals surface area (Å²) >= 11 is 0. The Hall–Kier alpha value is -2.49. The van der Waals surface area contributed by atoms with Crippen LogP contribution in [-0.2, 0) is 6.61 Å². The molecule has 96 valence electrons. The molecule has 0 amide bonds. The molecule has 4 nitrogen and oxygen atoms in total. The predicted molar refractivity (Wildman–Crippen MR) is 73.9 cm³/mol. The molecule has 0 unspecified atom stereocenters. The minimum absolute atomic E-state index is 0.266. The van der Waals surface area contributed by atoms with E-state index in [0.717, 1.165) is 16.7 Å². The van der Waals surface area contributed by atoms with Gasteiger partial charge in [-0.2, -0.15) is 0 Å². The van der Waals surface area contributed by atoms with Gasteiger partial charge in [0, 0.05) is 0 Å². The Bertz CT molecular complexity index is 719. The highest BCUT2D eigenvalue weighted by Gasteiger charge is 2.07. The summed E-state index contributed by atoms with van der Waals surface area (Å²) in [5.74, 6) is 1.18. The molecule has 0 aliphatic carbocycles. The summed E-state index contributed by atoms with van der Waals surface area (Å²) in [6.45, 7) is 2.29. The van der Waals surface area contributed by atoms with Crippen LogP contribution in [-0.4, -0.2) is 4.98 Å². The number of nitrogens with two attached hydrogens (primary N) is 1. The summed E-state index contributed by atoms with van der Waals surface area (Å²) in [4.78, 5) is 4.39. The molecular weight excluding hydrogens is 240 g/mol. The first-order valence-corrected chi connectivity index (χ1v) is 6.06. The van der Waals surface area contributed by atoms with Crippen molar-refractivity contribution >= 4 is 16.8 Å². The molecule has 1 heterocycles. The second-order valence-electron chi connectivity index (χ2n) is 4.41. The molecule has 0 saturated heterocycles. The molecule has 0 saturated carbocycles. The third kappa shape index (κ3) is 2.38. The maximum Gasteiger partial charge on any atom is 0.233 e. The highest BCUT2D eigenvalue weighted by molar-refractivity contribution is 5.73. The van der Waals surface area contributed by atoms with Crippen molar-refractivity contribution in [1.29, 1.82) is 0 Å². The first kappa shape index (κ1) is 11.6. The fraction of sp³-hybridized carbons (Fsp3) is 0.133. The Labute approximate surface area is 110 Å². The van der Waals surface area contributed by atoms with Gasteiger partial charge < -0.3 is 14.9 Å². The number of nitrogens with zero attached hydrogens (tertiary/aromatic N) is 1. The number of aromatic nitrogens is 1. The SMILES string of the molecule is Cc1ccc2oc(COc3ccccc3N)nc2c1. The number of aryl methyl sites for hydroxylation is 1. The van der Waals surface area contributed by atoms with Crippen LogP contribution in [0.3, 0.4) is 0 Å². The topological polar surface area (TPSA) is 61.3 Å². The number of anilines is 1. The van der Waals surface area contributed by atoms with Crippen molar-refractivity contribution < 1.29 is 9.15 Å². The van der Waals surface area contributed by atoms with Gasteiger partial charge in [-0.25, -0.2) is 4.98 Å². The predicted octanol–water partition coefficient (Wildman–Crippen LogP) is 3.30. The molecule has 0 aliphatic heterocycles. The van der Waals surface area contributed by atoms with Crippen molar-refractivity contribution in [2.75, 3.05) is 5.73 Å². The number of nitrogen functional groups attached to an aromatic ring is 1. The Morgan fingerprint density at radius 1 is 1.21 bits per heavy atom. The van der Waals surface area contributed by atoms with E-state index >= 15 is 0 Å². The number of rotatable bonds is 3. The lowest BCUT2D eigenvalue weighted by molar-refractivity contribution is 0.268. The number of ether oxygens (including phenoxy) is 1. The number of fused-ring (bicyclic) bond motifs is 1. The molecule has 0 radical (unpaired) electrons. The maximum atomic E-state index is 5.80. The molecule has 19 heavy (non-hydrogen) atoms. The fourth-order valence-corrected chi connectivity index (χ4v) is 1.90. The van der Waals surface area contributed by atoms with Crippen molar-refractivity contribution in [1.82, 2.24) is 4.98 Å². The molecular formula is C15H14N2O2. The van der Waals surface area contributed by atoms with E-state index in [1.54, 1.807) is 6.07 Å². The standard InChI is InChI=1S/C15H14N2O2/c1-10-6-7-14-12(8-10)17-15(19-14)9-18-13-5-3-2-4-11(13)16/h2-8H,9,16H2,1H3. The van der Waals surface area contributed by atoms with Crippen LogP contribution in [0.15, 0.2) is 46.9 Å². The van der Waals surface area contributed by atoms with Crippen molar-refractivity contribution in [3.8, 4) is 5.75 Å². The first-order valence-electron chi connectivity index (χ1n) is 6.06. The average molecular weight is 254 g/mol. The van der Waals surface area contributed by atoms with Gasteiger partial charge in [0.15, 0.2) is 12.2 Å². The summed E-state index contributed by atoms with van der Waals surface area (Å²) < 4.78 is 11.2. The lowest BCUT2D eigenvalue weighted by Gasteiger charge is -2.05. The summed E-state index contributed by atoms with van der Waals surface area (Å²) in [5.41, 5.74) is 9.18. The number of benzene rings is 2. The van der Waals surface area contributed by atoms with Crippen molar-refractivity contribution in [3.05, 3.63) is 53.9 Å². The van der Waals surface area contributed by atoms with Crippen LogP contribution >= 0.6 is 0 Å². The van der Waals surface area contributed by atoms with Gasteiger partial charge in [-0.1, -0.05) is 18.2 Å². The van der Waals surface area contributed by atoms with Gasteiger partial charge in [0.25, 0.3) is 0 Å². The zero-order valence-corrected chi connectivity index (χ0v) is 10.6. The van der Waals surface area contributed by atoms with Crippen molar-refractivity contribution in [3.63, 3.8) is 0 Å². The molecule has 0 fully saturated rings. The minimum Gasteiger partial charge on any atom is -0.482 e. The molecule has 0 aliphatic rings. The molecule has 3 rings (SSSR count). The highest BCUT2D eigenvalue weighted by Crippen LogP contribution is 2.22. The number of hydrogen-bond acceptors (Lipinski definition) is 4. The van der Waals surface area contributed by atoms with Crippen molar-refractivity contribution in [2.24, 2.45) is 0 Å². The van der Waals surface area contributed by atoms with Crippen LogP contribution in [0.25, 0.3) is 11.1 Å². The third-order valence-electron chi connectivity index (χ3n) is 2.86. The largest absolute Gasteiger partial charge is 0.482 e. The zero-order chi connectivity index (χ0) is 13.2. The Morgan fingerprint density at radius 2 is 2.05 bits per heavy atom. The van der Waals surface area contributed by atoms with E-state index in [2.05, 4.69) is 4.98 Å². The van der Waals surface area contributed by atoms with E-state index in [0.29, 0.717) is 17.3 Å². The van der Waals surface area contributed by atoms with Gasteiger partial charge in [0.2, 0.25) is 5.89 Å². The molecule has 0 atom stereocenters. The van der Waals surface area contributed by atoms with E-state index in [1.807, 2.05) is 43.3 Å². The fourth-order valence-electron chi connectivity index (χ4n) is 1.90. The summed E-state index contributed by atoms with van der Waals surface area (Å²) in [6.07, 6.45) is 0. The summed E-state index contributed by atoms with van der Waals surface area (Å²) in [5, 5.41) is 0. The van der Waals surface area contributed by atoms with E-state index < -0.39 is 0 Å². The molecule has 1 aromatic heterocycles. The highest BCUT2D eigenvalue weighted by atomic mass is 16.5. The first-order chi connectivity index (χ1) is 9.22. The van der Waals surface area contributed by atoms with E-state index in [-0.39, 0.29) is 6.61 Å². The zero-order valence-electron chi connectivity index (χ0n) is 10.6. The second kappa shape index (κ2) is 4.65. The van der Waals surface area contributed by atoms with Gasteiger partial charge in [0.05, 0.1) is 5.69 Å². The molecule has 0 spiro atoms. The van der Waals surface area contributed by atoms with Crippen LogP contribution in [0, 0.1) is 6.92 Å². The smallest absolute Gasteiger partial charge is 0.233 e. The van der Waals surface area contributed by atoms with Crippen LogP contribution in [0.1, 0.15) is 11.5 Å². The van der Waals surface area contributed by atoms with Crippen LogP contribution in [0.5, 0.6) is 5.75 Å². The van der Waals surface area contributed by atoms with E-state index in [4.69, 9.17) is 14.9 Å².